The van der Waals surface area contributed by atoms with Gasteiger partial charge in [0.1, 0.15) is 6.04 Å². The van der Waals surface area contributed by atoms with Crippen molar-refractivity contribution in [2.45, 2.75) is 56.9 Å². The van der Waals surface area contributed by atoms with Crippen LogP contribution in [0, 0.1) is 29.1 Å². The summed E-state index contributed by atoms with van der Waals surface area (Å²) in [5.41, 5.74) is 0. The highest BCUT2D eigenvalue weighted by Gasteiger charge is 2.34. The number of thioether (sulfide) groups is 1. The van der Waals surface area contributed by atoms with Gasteiger partial charge in [-0.3, -0.25) is 10.1 Å². The fourth-order valence-electron chi connectivity index (χ4n) is 3.12. The van der Waals surface area contributed by atoms with Crippen molar-refractivity contribution >= 4 is 17.7 Å². The number of carbonyl (C=O) groups is 1. The van der Waals surface area contributed by atoms with E-state index in [-0.39, 0.29) is 11.3 Å². The molecule has 2 N–H and O–H groups in total. The molecule has 0 radical (unpaired) electrons. The second kappa shape index (κ2) is 7.33. The van der Waals surface area contributed by atoms with Crippen molar-refractivity contribution in [1.29, 1.82) is 5.26 Å². The lowest BCUT2D eigenvalue weighted by molar-refractivity contribution is -0.140. The summed E-state index contributed by atoms with van der Waals surface area (Å²) in [4.78, 5) is 11.1. The van der Waals surface area contributed by atoms with Crippen LogP contribution in [0.5, 0.6) is 0 Å². The molecule has 2 fully saturated rings. The van der Waals surface area contributed by atoms with E-state index in [1.807, 2.05) is 0 Å². The average molecular weight is 296 g/mol. The van der Waals surface area contributed by atoms with Crippen LogP contribution in [0.15, 0.2) is 0 Å². The van der Waals surface area contributed by atoms with E-state index in [9.17, 15) is 10.1 Å². The maximum Gasteiger partial charge on any atom is 0.320 e. The van der Waals surface area contributed by atoms with Gasteiger partial charge in [-0.2, -0.15) is 5.26 Å². The van der Waals surface area contributed by atoms with Crippen LogP contribution in [-0.4, -0.2) is 28.2 Å². The number of rotatable bonds is 4. The van der Waals surface area contributed by atoms with Crippen LogP contribution in [0.3, 0.4) is 0 Å². The Labute approximate surface area is 125 Å². The molecule has 1 aliphatic heterocycles. The topological polar surface area (TPSA) is 73.1 Å². The third-order valence-corrected chi connectivity index (χ3v) is 6.10. The van der Waals surface area contributed by atoms with Gasteiger partial charge in [-0.05, 0) is 43.3 Å². The molecule has 2 rings (SSSR count). The Hall–Kier alpha value is -0.730. The zero-order chi connectivity index (χ0) is 14.5. The van der Waals surface area contributed by atoms with Gasteiger partial charge in [0, 0.05) is 0 Å². The van der Waals surface area contributed by atoms with Crippen LogP contribution in [0.2, 0.25) is 0 Å². The molecule has 1 aliphatic carbocycles. The number of carboxylic acid groups (broad SMARTS) is 1. The highest BCUT2D eigenvalue weighted by molar-refractivity contribution is 7.99. The predicted octanol–water partition coefficient (Wildman–Crippen LogP) is 2.85. The molecule has 3 atom stereocenters. The molecule has 1 saturated heterocycles. The molecule has 2 aliphatic rings. The summed E-state index contributed by atoms with van der Waals surface area (Å²) < 4.78 is 0. The average Bonchev–Trinajstić information content (AvgIpc) is 2.46. The number of hydrogen-bond donors (Lipinski definition) is 2. The van der Waals surface area contributed by atoms with E-state index in [2.05, 4.69) is 18.3 Å². The van der Waals surface area contributed by atoms with E-state index >= 15 is 0 Å². The quantitative estimate of drug-likeness (QED) is 0.834. The van der Waals surface area contributed by atoms with Crippen LogP contribution in [0.1, 0.15) is 45.4 Å². The first-order valence-electron chi connectivity index (χ1n) is 7.60. The second-order valence-corrected chi connectivity index (χ2v) is 7.42. The molecular weight excluding hydrogens is 272 g/mol. The van der Waals surface area contributed by atoms with Crippen molar-refractivity contribution < 1.29 is 9.90 Å². The van der Waals surface area contributed by atoms with E-state index in [0.29, 0.717) is 12.8 Å². The van der Waals surface area contributed by atoms with Gasteiger partial charge in [0.2, 0.25) is 0 Å². The Morgan fingerprint density at radius 1 is 1.30 bits per heavy atom. The molecule has 0 spiro atoms. The van der Waals surface area contributed by atoms with Gasteiger partial charge in [-0.1, -0.05) is 19.8 Å². The molecule has 1 heterocycles. The molecule has 112 valence electrons. The molecule has 5 heteroatoms. The Bertz CT molecular complexity index is 375. The molecule has 0 aromatic rings. The second-order valence-electron chi connectivity index (χ2n) is 6.25. The van der Waals surface area contributed by atoms with Gasteiger partial charge in [0.05, 0.1) is 17.4 Å². The highest BCUT2D eigenvalue weighted by atomic mass is 32.2. The number of nitriles is 1. The van der Waals surface area contributed by atoms with Crippen LogP contribution >= 0.6 is 11.8 Å². The molecule has 0 aromatic heterocycles. The van der Waals surface area contributed by atoms with Crippen molar-refractivity contribution in [1.82, 2.24) is 5.32 Å². The summed E-state index contributed by atoms with van der Waals surface area (Å²) in [6, 6.07) is 1.85. The Morgan fingerprint density at radius 2 is 2.00 bits per heavy atom. The maximum atomic E-state index is 11.1. The van der Waals surface area contributed by atoms with Crippen molar-refractivity contribution in [3.8, 4) is 6.07 Å². The molecule has 0 bridgehead atoms. The molecule has 3 unspecified atom stereocenters. The number of nitrogens with zero attached hydrogens (tertiary/aromatic N) is 1. The summed E-state index contributed by atoms with van der Waals surface area (Å²) in [6.07, 6.45) is 6.43. The van der Waals surface area contributed by atoms with Crippen molar-refractivity contribution in [2.75, 3.05) is 5.75 Å². The zero-order valence-corrected chi connectivity index (χ0v) is 12.9. The van der Waals surface area contributed by atoms with Gasteiger partial charge in [-0.25, -0.2) is 0 Å². The molecular formula is C15H24N2O2S. The van der Waals surface area contributed by atoms with Crippen LogP contribution in [0.4, 0.5) is 0 Å². The van der Waals surface area contributed by atoms with Crippen LogP contribution < -0.4 is 5.32 Å². The molecule has 1 saturated carbocycles. The molecule has 0 aromatic carbocycles. The van der Waals surface area contributed by atoms with Crippen molar-refractivity contribution in [3.05, 3.63) is 0 Å². The Balaban J connectivity index is 1.82. The standard InChI is InChI=1S/C15H24N2O2S/c1-10-2-4-11(5-3-10)9-20-14-12(8-16)6-7-13(17-14)15(18)19/h10-14,17H,2-7,9H2,1H3,(H,18,19). The van der Waals surface area contributed by atoms with Gasteiger partial charge in [0.15, 0.2) is 0 Å². The summed E-state index contributed by atoms with van der Waals surface area (Å²) >= 11 is 1.76. The lowest BCUT2D eigenvalue weighted by atomic mass is 9.84. The minimum atomic E-state index is -0.793. The first-order valence-corrected chi connectivity index (χ1v) is 8.65. The van der Waals surface area contributed by atoms with Crippen LogP contribution in [-0.2, 0) is 4.79 Å². The fraction of sp³-hybridized carbons (Fsp3) is 0.867. The molecule has 4 nitrogen and oxygen atoms in total. The van der Waals surface area contributed by atoms with Gasteiger partial charge < -0.3 is 5.11 Å². The SMILES string of the molecule is CC1CCC(CSC2NC(C(=O)O)CCC2C#N)CC1. The van der Waals surface area contributed by atoms with E-state index in [1.54, 1.807) is 11.8 Å². The lowest BCUT2D eigenvalue weighted by Gasteiger charge is -2.33. The van der Waals surface area contributed by atoms with Crippen molar-refractivity contribution in [3.63, 3.8) is 0 Å². The third-order valence-electron chi connectivity index (χ3n) is 4.61. The minimum absolute atomic E-state index is 0.0193. The monoisotopic (exact) mass is 296 g/mol. The fourth-order valence-corrected chi connectivity index (χ4v) is 4.62. The van der Waals surface area contributed by atoms with Crippen LogP contribution in [0.25, 0.3) is 0 Å². The Morgan fingerprint density at radius 3 is 2.60 bits per heavy atom. The lowest BCUT2D eigenvalue weighted by Crippen LogP contribution is -2.49. The third kappa shape index (κ3) is 4.13. The summed E-state index contributed by atoms with van der Waals surface area (Å²) in [5.74, 6) is 1.79. The first kappa shape index (κ1) is 15.7. The normalized spacial score (nSPS) is 38.1. The van der Waals surface area contributed by atoms with E-state index in [4.69, 9.17) is 5.11 Å². The van der Waals surface area contributed by atoms with Crippen molar-refractivity contribution in [2.24, 2.45) is 17.8 Å². The van der Waals surface area contributed by atoms with E-state index < -0.39 is 12.0 Å². The Kier molecular flexibility index (Phi) is 5.74. The summed E-state index contributed by atoms with van der Waals surface area (Å²) in [7, 11) is 0. The van der Waals surface area contributed by atoms with Gasteiger partial charge in [-0.15, -0.1) is 11.8 Å². The van der Waals surface area contributed by atoms with E-state index in [1.165, 1.54) is 25.7 Å². The summed E-state index contributed by atoms with van der Waals surface area (Å²) in [6.45, 7) is 2.31. The van der Waals surface area contributed by atoms with Gasteiger partial charge >= 0.3 is 5.97 Å². The van der Waals surface area contributed by atoms with Gasteiger partial charge in [0.25, 0.3) is 0 Å². The number of aliphatic carboxylic acids is 1. The summed E-state index contributed by atoms with van der Waals surface area (Å²) in [5, 5.41) is 21.4. The maximum absolute atomic E-state index is 11.1. The number of hydrogen-bond acceptors (Lipinski definition) is 4. The molecule has 20 heavy (non-hydrogen) atoms. The number of nitrogens with one attached hydrogen (secondary N) is 1. The number of carboxylic acids is 1. The predicted molar refractivity (Wildman–Crippen MR) is 80.3 cm³/mol. The molecule has 0 amide bonds. The first-order chi connectivity index (χ1) is 9.60. The highest BCUT2D eigenvalue weighted by Crippen LogP contribution is 2.34. The van der Waals surface area contributed by atoms with E-state index in [0.717, 1.165) is 17.6 Å². The number of piperidine rings is 1. The minimum Gasteiger partial charge on any atom is -0.480 e. The largest absolute Gasteiger partial charge is 0.480 e. The smallest absolute Gasteiger partial charge is 0.320 e. The zero-order valence-electron chi connectivity index (χ0n) is 12.0.